The lowest BCUT2D eigenvalue weighted by Gasteiger charge is -2.30. The van der Waals surface area contributed by atoms with Crippen LogP contribution in [0.15, 0.2) is 42.5 Å². The lowest BCUT2D eigenvalue weighted by atomic mass is 9.82. The maximum absolute atomic E-state index is 12.5. The summed E-state index contributed by atoms with van der Waals surface area (Å²) >= 11 is 0. The van der Waals surface area contributed by atoms with Crippen molar-refractivity contribution in [2.75, 3.05) is 13.7 Å². The molecule has 1 aliphatic heterocycles. The summed E-state index contributed by atoms with van der Waals surface area (Å²) in [6.45, 7) is 2.77. The van der Waals surface area contributed by atoms with E-state index in [9.17, 15) is 4.79 Å². The highest BCUT2D eigenvalue weighted by Gasteiger charge is 2.30. The third-order valence-corrected chi connectivity index (χ3v) is 6.28. The van der Waals surface area contributed by atoms with Gasteiger partial charge in [-0.1, -0.05) is 35.9 Å². The molecule has 0 radical (unpaired) electrons. The smallest absolute Gasteiger partial charge is 0.223 e. The van der Waals surface area contributed by atoms with E-state index in [1.165, 1.54) is 29.5 Å². The standard InChI is InChI=1S/C25H31NO3/c1-17-6-5-7-18(12-17)13-20-14-21(16-26-25(20)27)19-10-11-23(28-2)24(15-19)29-22-8-3-4-9-22/h5-7,10-12,15,20-22H,3-4,8-9,13-14,16H2,1-2H3,(H,26,27)/t20-,21+/m0/s1. The molecule has 1 heterocycles. The van der Waals surface area contributed by atoms with Crippen molar-refractivity contribution in [2.24, 2.45) is 5.92 Å². The first-order valence-electron chi connectivity index (χ1n) is 10.8. The van der Waals surface area contributed by atoms with Crippen molar-refractivity contribution in [1.82, 2.24) is 5.32 Å². The molecule has 1 saturated carbocycles. The summed E-state index contributed by atoms with van der Waals surface area (Å²) in [5, 5.41) is 3.13. The molecule has 4 heteroatoms. The van der Waals surface area contributed by atoms with Crippen molar-refractivity contribution < 1.29 is 14.3 Å². The molecule has 4 nitrogen and oxygen atoms in total. The molecule has 2 aromatic rings. The lowest BCUT2D eigenvalue weighted by Crippen LogP contribution is -2.41. The van der Waals surface area contributed by atoms with Crippen molar-refractivity contribution in [3.63, 3.8) is 0 Å². The van der Waals surface area contributed by atoms with Gasteiger partial charge in [0.2, 0.25) is 5.91 Å². The van der Waals surface area contributed by atoms with Crippen LogP contribution in [0.5, 0.6) is 11.5 Å². The van der Waals surface area contributed by atoms with Gasteiger partial charge in [0, 0.05) is 18.4 Å². The Balaban J connectivity index is 1.50. The van der Waals surface area contributed by atoms with Gasteiger partial charge in [-0.2, -0.15) is 0 Å². The van der Waals surface area contributed by atoms with Gasteiger partial charge in [-0.05, 0) is 68.7 Å². The van der Waals surface area contributed by atoms with Crippen LogP contribution in [-0.2, 0) is 11.2 Å². The zero-order valence-corrected chi connectivity index (χ0v) is 17.4. The first-order valence-corrected chi connectivity index (χ1v) is 10.8. The molecule has 0 bridgehead atoms. The fourth-order valence-electron chi connectivity index (χ4n) is 4.68. The quantitative estimate of drug-likeness (QED) is 0.768. The van der Waals surface area contributed by atoms with Gasteiger partial charge in [-0.25, -0.2) is 0 Å². The molecule has 1 amide bonds. The Hall–Kier alpha value is -2.49. The maximum Gasteiger partial charge on any atom is 0.223 e. The largest absolute Gasteiger partial charge is 0.493 e. The van der Waals surface area contributed by atoms with Gasteiger partial charge in [0.1, 0.15) is 0 Å². The van der Waals surface area contributed by atoms with E-state index in [1.807, 2.05) is 6.07 Å². The number of amides is 1. The third kappa shape index (κ3) is 4.75. The number of hydrogen-bond acceptors (Lipinski definition) is 3. The van der Waals surface area contributed by atoms with Crippen LogP contribution >= 0.6 is 0 Å². The molecular formula is C25H31NO3. The van der Waals surface area contributed by atoms with Gasteiger partial charge in [0.15, 0.2) is 11.5 Å². The van der Waals surface area contributed by atoms with E-state index >= 15 is 0 Å². The van der Waals surface area contributed by atoms with Crippen LogP contribution in [0.3, 0.4) is 0 Å². The van der Waals surface area contributed by atoms with Crippen LogP contribution in [-0.4, -0.2) is 25.7 Å². The molecule has 1 N–H and O–H groups in total. The van der Waals surface area contributed by atoms with E-state index in [0.717, 1.165) is 37.2 Å². The molecular weight excluding hydrogens is 362 g/mol. The van der Waals surface area contributed by atoms with Gasteiger partial charge in [0.25, 0.3) is 0 Å². The monoisotopic (exact) mass is 393 g/mol. The van der Waals surface area contributed by atoms with E-state index in [4.69, 9.17) is 9.47 Å². The minimum atomic E-state index is -0.00291. The number of methoxy groups -OCH3 is 1. The van der Waals surface area contributed by atoms with E-state index in [0.29, 0.717) is 18.6 Å². The van der Waals surface area contributed by atoms with Crippen LogP contribution in [0.1, 0.15) is 54.7 Å². The predicted molar refractivity (Wildman–Crippen MR) is 115 cm³/mol. The first kappa shape index (κ1) is 19.8. The zero-order chi connectivity index (χ0) is 20.2. The van der Waals surface area contributed by atoms with Gasteiger partial charge in [0.05, 0.1) is 13.2 Å². The summed E-state index contributed by atoms with van der Waals surface area (Å²) in [7, 11) is 1.69. The number of ether oxygens (including phenoxy) is 2. The fraction of sp³-hybridized carbons (Fsp3) is 0.480. The molecule has 0 aromatic heterocycles. The number of carbonyl (C=O) groups is 1. The van der Waals surface area contributed by atoms with E-state index < -0.39 is 0 Å². The summed E-state index contributed by atoms with van der Waals surface area (Å²) in [6, 6.07) is 14.7. The minimum Gasteiger partial charge on any atom is -0.493 e. The Morgan fingerprint density at radius 3 is 2.66 bits per heavy atom. The Labute approximate surface area is 173 Å². The molecule has 2 aliphatic rings. The SMILES string of the molecule is COc1ccc([C@H]2CNC(=O)[C@@H](Cc3cccc(C)c3)C2)cc1OC1CCCC1. The van der Waals surface area contributed by atoms with Crippen LogP contribution in [0.4, 0.5) is 0 Å². The Morgan fingerprint density at radius 2 is 1.90 bits per heavy atom. The van der Waals surface area contributed by atoms with Crippen LogP contribution in [0, 0.1) is 12.8 Å². The average molecular weight is 394 g/mol. The number of benzene rings is 2. The zero-order valence-electron chi connectivity index (χ0n) is 17.4. The third-order valence-electron chi connectivity index (χ3n) is 6.28. The van der Waals surface area contributed by atoms with Gasteiger partial charge in [-0.3, -0.25) is 4.79 Å². The molecule has 4 rings (SSSR count). The first-order chi connectivity index (χ1) is 14.1. The summed E-state index contributed by atoms with van der Waals surface area (Å²) in [6.07, 6.45) is 6.64. The highest BCUT2D eigenvalue weighted by molar-refractivity contribution is 5.80. The Bertz CT molecular complexity index is 857. The van der Waals surface area contributed by atoms with Crippen molar-refractivity contribution in [3.05, 3.63) is 59.2 Å². The highest BCUT2D eigenvalue weighted by atomic mass is 16.5. The number of carbonyl (C=O) groups excluding carboxylic acids is 1. The Kier molecular flexibility index (Phi) is 6.08. The second-order valence-electron chi connectivity index (χ2n) is 8.50. The minimum absolute atomic E-state index is 0.00291. The molecule has 0 unspecified atom stereocenters. The fourth-order valence-corrected chi connectivity index (χ4v) is 4.68. The molecule has 154 valence electrons. The molecule has 1 saturated heterocycles. The maximum atomic E-state index is 12.5. The summed E-state index contributed by atoms with van der Waals surface area (Å²) in [5.74, 6) is 2.08. The van der Waals surface area contributed by atoms with Gasteiger partial charge in [-0.15, -0.1) is 0 Å². The highest BCUT2D eigenvalue weighted by Crippen LogP contribution is 2.37. The van der Waals surface area contributed by atoms with Crippen molar-refractivity contribution in [3.8, 4) is 11.5 Å². The average Bonchev–Trinajstić information content (AvgIpc) is 3.23. The summed E-state index contributed by atoms with van der Waals surface area (Å²) < 4.78 is 11.8. The van der Waals surface area contributed by atoms with Crippen LogP contribution in [0.25, 0.3) is 0 Å². The molecule has 1 aliphatic carbocycles. The molecule has 2 fully saturated rings. The van der Waals surface area contributed by atoms with E-state index in [1.54, 1.807) is 7.11 Å². The molecule has 2 atom stereocenters. The molecule has 0 spiro atoms. The second kappa shape index (κ2) is 8.89. The summed E-state index contributed by atoms with van der Waals surface area (Å²) in [5.41, 5.74) is 3.68. The van der Waals surface area contributed by atoms with Crippen molar-refractivity contribution in [1.29, 1.82) is 0 Å². The Morgan fingerprint density at radius 1 is 1.07 bits per heavy atom. The normalized spacial score (nSPS) is 22.3. The van der Waals surface area contributed by atoms with Gasteiger partial charge >= 0.3 is 0 Å². The predicted octanol–water partition coefficient (Wildman–Crippen LogP) is 4.79. The van der Waals surface area contributed by atoms with Crippen molar-refractivity contribution >= 4 is 5.91 Å². The van der Waals surface area contributed by atoms with E-state index in [2.05, 4.69) is 48.6 Å². The molecule has 2 aromatic carbocycles. The number of rotatable bonds is 6. The van der Waals surface area contributed by atoms with Crippen molar-refractivity contribution in [2.45, 2.75) is 57.5 Å². The number of aryl methyl sites for hydroxylation is 1. The summed E-state index contributed by atoms with van der Waals surface area (Å²) in [4.78, 5) is 12.5. The van der Waals surface area contributed by atoms with Gasteiger partial charge < -0.3 is 14.8 Å². The number of piperidine rings is 1. The topological polar surface area (TPSA) is 47.6 Å². The van der Waals surface area contributed by atoms with Crippen LogP contribution in [0.2, 0.25) is 0 Å². The van der Waals surface area contributed by atoms with Crippen LogP contribution < -0.4 is 14.8 Å². The lowest BCUT2D eigenvalue weighted by molar-refractivity contribution is -0.126. The number of nitrogens with one attached hydrogen (secondary N) is 1. The van der Waals surface area contributed by atoms with E-state index in [-0.39, 0.29) is 11.8 Å². The number of hydrogen-bond donors (Lipinski definition) is 1. The molecule has 29 heavy (non-hydrogen) atoms. The second-order valence-corrected chi connectivity index (χ2v) is 8.50.